The number of hydrogen-bond acceptors (Lipinski definition) is 4. The second-order valence-corrected chi connectivity index (χ2v) is 6.78. The lowest BCUT2D eigenvalue weighted by Crippen LogP contribution is -2.13. The van der Waals surface area contributed by atoms with Gasteiger partial charge < -0.3 is 9.84 Å². The number of para-hydroxylation sites is 1. The van der Waals surface area contributed by atoms with Crippen molar-refractivity contribution < 1.29 is 9.32 Å². The van der Waals surface area contributed by atoms with Crippen molar-refractivity contribution in [3.8, 4) is 11.3 Å². The van der Waals surface area contributed by atoms with Crippen molar-refractivity contribution in [1.82, 2.24) is 10.1 Å². The van der Waals surface area contributed by atoms with Gasteiger partial charge in [-0.1, -0.05) is 51.4 Å². The number of fused-ring (bicyclic) bond motifs is 1. The first-order chi connectivity index (χ1) is 12.6. The van der Waals surface area contributed by atoms with Crippen molar-refractivity contribution in [2.45, 2.75) is 6.92 Å². The fourth-order valence-electron chi connectivity index (χ4n) is 2.77. The molecule has 2 aromatic heterocycles. The van der Waals surface area contributed by atoms with E-state index in [9.17, 15) is 4.79 Å². The number of aryl methyl sites for hydroxylation is 1. The van der Waals surface area contributed by atoms with E-state index in [2.05, 4.69) is 26.4 Å². The molecule has 5 nitrogen and oxygen atoms in total. The zero-order valence-electron chi connectivity index (χ0n) is 13.9. The van der Waals surface area contributed by atoms with Gasteiger partial charge >= 0.3 is 0 Å². The molecule has 0 aliphatic heterocycles. The molecule has 0 bridgehead atoms. The number of benzene rings is 2. The maximum Gasteiger partial charge on any atom is 0.257 e. The Morgan fingerprint density at radius 3 is 2.69 bits per heavy atom. The Morgan fingerprint density at radius 2 is 1.92 bits per heavy atom. The van der Waals surface area contributed by atoms with Crippen LogP contribution in [0, 0.1) is 6.92 Å². The standard InChI is InChI=1S/C20H14BrN3O2/c1-12-9-19(24-26-12)23-20(25)16-11-18(13-5-4-6-14(21)10-13)22-17-8-3-2-7-15(16)17/h2-11H,1H3,(H,23,24,25). The second-order valence-electron chi connectivity index (χ2n) is 5.86. The summed E-state index contributed by atoms with van der Waals surface area (Å²) in [4.78, 5) is 17.6. The van der Waals surface area contributed by atoms with E-state index in [4.69, 9.17) is 9.51 Å². The Morgan fingerprint density at radius 1 is 1.08 bits per heavy atom. The van der Waals surface area contributed by atoms with Crippen LogP contribution < -0.4 is 5.32 Å². The number of anilines is 1. The highest BCUT2D eigenvalue weighted by atomic mass is 79.9. The number of hydrogen-bond donors (Lipinski definition) is 1. The van der Waals surface area contributed by atoms with Gasteiger partial charge in [0.25, 0.3) is 5.91 Å². The van der Waals surface area contributed by atoms with Gasteiger partial charge in [0.2, 0.25) is 0 Å². The first-order valence-electron chi connectivity index (χ1n) is 8.00. The van der Waals surface area contributed by atoms with Crippen LogP contribution in [0.25, 0.3) is 22.2 Å². The van der Waals surface area contributed by atoms with Gasteiger partial charge in [0, 0.05) is 21.5 Å². The molecule has 0 fully saturated rings. The number of carbonyl (C=O) groups is 1. The summed E-state index contributed by atoms with van der Waals surface area (Å²) < 4.78 is 5.97. The molecule has 1 amide bonds. The zero-order chi connectivity index (χ0) is 18.1. The molecular weight excluding hydrogens is 394 g/mol. The predicted molar refractivity (Wildman–Crippen MR) is 104 cm³/mol. The zero-order valence-corrected chi connectivity index (χ0v) is 15.4. The smallest absolute Gasteiger partial charge is 0.257 e. The summed E-state index contributed by atoms with van der Waals surface area (Å²) in [6.07, 6.45) is 0. The number of pyridine rings is 1. The van der Waals surface area contributed by atoms with Gasteiger partial charge in [-0.15, -0.1) is 0 Å². The lowest BCUT2D eigenvalue weighted by molar-refractivity contribution is 0.102. The minimum Gasteiger partial charge on any atom is -0.360 e. The highest BCUT2D eigenvalue weighted by molar-refractivity contribution is 9.10. The fraction of sp³-hybridized carbons (Fsp3) is 0.0500. The molecule has 6 heteroatoms. The lowest BCUT2D eigenvalue weighted by atomic mass is 10.0. The normalized spacial score (nSPS) is 10.8. The summed E-state index contributed by atoms with van der Waals surface area (Å²) in [5.41, 5.74) is 2.95. The average Bonchev–Trinajstić information content (AvgIpc) is 3.05. The molecule has 0 saturated carbocycles. The molecule has 128 valence electrons. The summed E-state index contributed by atoms with van der Waals surface area (Å²) in [7, 11) is 0. The summed E-state index contributed by atoms with van der Waals surface area (Å²) in [6, 6.07) is 18.9. The molecule has 4 rings (SSSR count). The third kappa shape index (κ3) is 3.23. The van der Waals surface area contributed by atoms with Crippen LogP contribution in [0.1, 0.15) is 16.1 Å². The number of nitrogens with zero attached hydrogens (tertiary/aromatic N) is 2. The van der Waals surface area contributed by atoms with Gasteiger partial charge in [-0.2, -0.15) is 0 Å². The lowest BCUT2D eigenvalue weighted by Gasteiger charge is -2.10. The van der Waals surface area contributed by atoms with Crippen molar-refractivity contribution in [3.05, 3.63) is 76.5 Å². The van der Waals surface area contributed by atoms with Crippen LogP contribution in [0.15, 0.2) is 69.7 Å². The Kier molecular flexibility index (Phi) is 4.26. The number of amides is 1. The van der Waals surface area contributed by atoms with Crippen molar-refractivity contribution in [1.29, 1.82) is 0 Å². The summed E-state index contributed by atoms with van der Waals surface area (Å²) >= 11 is 3.48. The first kappa shape index (κ1) is 16.5. The summed E-state index contributed by atoms with van der Waals surface area (Å²) in [5, 5.41) is 7.39. The van der Waals surface area contributed by atoms with Crippen molar-refractivity contribution in [3.63, 3.8) is 0 Å². The molecule has 1 N–H and O–H groups in total. The Hall–Kier alpha value is -2.99. The summed E-state index contributed by atoms with van der Waals surface area (Å²) in [6.45, 7) is 1.77. The minimum atomic E-state index is -0.256. The predicted octanol–water partition coefficient (Wildman–Crippen LogP) is 5.21. The topological polar surface area (TPSA) is 68.0 Å². The molecule has 4 aromatic rings. The van der Waals surface area contributed by atoms with Gasteiger partial charge in [-0.3, -0.25) is 4.79 Å². The van der Waals surface area contributed by atoms with E-state index >= 15 is 0 Å². The van der Waals surface area contributed by atoms with Crippen LogP contribution in [0.4, 0.5) is 5.82 Å². The van der Waals surface area contributed by atoms with Crippen LogP contribution >= 0.6 is 15.9 Å². The Labute approximate surface area is 158 Å². The van der Waals surface area contributed by atoms with Crippen LogP contribution in [0.3, 0.4) is 0 Å². The van der Waals surface area contributed by atoms with E-state index in [0.29, 0.717) is 17.1 Å². The van der Waals surface area contributed by atoms with Gasteiger partial charge in [-0.05, 0) is 31.2 Å². The Bertz CT molecular complexity index is 1120. The van der Waals surface area contributed by atoms with E-state index < -0.39 is 0 Å². The fourth-order valence-corrected chi connectivity index (χ4v) is 3.17. The molecule has 2 heterocycles. The molecule has 0 aliphatic carbocycles. The van der Waals surface area contributed by atoms with E-state index in [1.165, 1.54) is 0 Å². The van der Waals surface area contributed by atoms with E-state index in [1.807, 2.05) is 48.5 Å². The second kappa shape index (κ2) is 6.72. The number of halogens is 1. The van der Waals surface area contributed by atoms with E-state index in [1.54, 1.807) is 19.1 Å². The highest BCUT2D eigenvalue weighted by Gasteiger charge is 2.15. The number of rotatable bonds is 3. The monoisotopic (exact) mass is 407 g/mol. The molecule has 0 saturated heterocycles. The Balaban J connectivity index is 1.83. The molecule has 0 aliphatic rings. The van der Waals surface area contributed by atoms with Crippen LogP contribution in [-0.2, 0) is 0 Å². The third-order valence-electron chi connectivity index (χ3n) is 3.95. The first-order valence-corrected chi connectivity index (χ1v) is 8.80. The maximum absolute atomic E-state index is 12.9. The molecule has 0 unspecified atom stereocenters. The largest absolute Gasteiger partial charge is 0.360 e. The molecule has 26 heavy (non-hydrogen) atoms. The molecule has 0 spiro atoms. The highest BCUT2D eigenvalue weighted by Crippen LogP contribution is 2.27. The quantitative estimate of drug-likeness (QED) is 0.505. The van der Waals surface area contributed by atoms with Gasteiger partial charge in [0.15, 0.2) is 5.82 Å². The van der Waals surface area contributed by atoms with E-state index in [-0.39, 0.29) is 5.91 Å². The third-order valence-corrected chi connectivity index (χ3v) is 4.44. The molecule has 2 aromatic carbocycles. The van der Waals surface area contributed by atoms with Crippen LogP contribution in [0.5, 0.6) is 0 Å². The average molecular weight is 408 g/mol. The van der Waals surface area contributed by atoms with Crippen molar-refractivity contribution in [2.75, 3.05) is 5.32 Å². The number of carbonyl (C=O) groups excluding carboxylic acids is 1. The number of aromatic nitrogens is 2. The molecule has 0 radical (unpaired) electrons. The molecular formula is C20H14BrN3O2. The summed E-state index contributed by atoms with van der Waals surface area (Å²) in [5.74, 6) is 0.764. The van der Waals surface area contributed by atoms with Crippen LogP contribution in [-0.4, -0.2) is 16.0 Å². The minimum absolute atomic E-state index is 0.256. The van der Waals surface area contributed by atoms with Crippen molar-refractivity contribution in [2.24, 2.45) is 0 Å². The van der Waals surface area contributed by atoms with Gasteiger partial charge in [0.1, 0.15) is 5.76 Å². The van der Waals surface area contributed by atoms with E-state index in [0.717, 1.165) is 26.6 Å². The van der Waals surface area contributed by atoms with Crippen molar-refractivity contribution >= 4 is 38.6 Å². The van der Waals surface area contributed by atoms with Crippen LogP contribution in [0.2, 0.25) is 0 Å². The van der Waals surface area contributed by atoms with Gasteiger partial charge in [-0.25, -0.2) is 4.98 Å². The SMILES string of the molecule is Cc1cc(NC(=O)c2cc(-c3cccc(Br)c3)nc3ccccc23)no1. The maximum atomic E-state index is 12.9. The molecule has 0 atom stereocenters. The number of nitrogens with one attached hydrogen (secondary N) is 1. The van der Waals surface area contributed by atoms with Gasteiger partial charge in [0.05, 0.1) is 16.8 Å².